The highest BCUT2D eigenvalue weighted by Crippen LogP contribution is 2.31. The van der Waals surface area contributed by atoms with Crippen LogP contribution in [0, 0.1) is 11.3 Å². The molecule has 1 aliphatic rings. The number of thiocarbonyl (C=S) groups is 1. The van der Waals surface area contributed by atoms with Crippen molar-refractivity contribution in [2.24, 2.45) is 17.1 Å². The maximum Gasteiger partial charge on any atom is 0.235 e. The number of hydrogen-bond acceptors (Lipinski definition) is 3. The van der Waals surface area contributed by atoms with Gasteiger partial charge in [-0.2, -0.15) is 0 Å². The van der Waals surface area contributed by atoms with Crippen molar-refractivity contribution in [2.75, 3.05) is 33.7 Å². The fraction of sp³-hybridized carbons (Fsp3) is 0.867. The number of hydrogen-bond donors (Lipinski definition) is 1. The van der Waals surface area contributed by atoms with E-state index in [1.807, 2.05) is 18.7 Å². The summed E-state index contributed by atoms with van der Waals surface area (Å²) >= 11 is 5.18. The molecule has 1 amide bonds. The van der Waals surface area contributed by atoms with E-state index in [1.54, 1.807) is 0 Å². The maximum absolute atomic E-state index is 12.8. The fourth-order valence-electron chi connectivity index (χ4n) is 3.14. The zero-order chi connectivity index (χ0) is 15.3. The second kappa shape index (κ2) is 7.36. The fourth-order valence-corrected chi connectivity index (χ4v) is 3.52. The Labute approximate surface area is 128 Å². The van der Waals surface area contributed by atoms with Crippen molar-refractivity contribution in [3.63, 3.8) is 0 Å². The Morgan fingerprint density at radius 3 is 2.15 bits per heavy atom. The zero-order valence-corrected chi connectivity index (χ0v) is 14.1. The van der Waals surface area contributed by atoms with Crippen LogP contribution in [0.15, 0.2) is 0 Å². The van der Waals surface area contributed by atoms with Crippen LogP contribution in [-0.4, -0.2) is 54.4 Å². The highest BCUT2D eigenvalue weighted by atomic mass is 32.1. The molecular weight excluding hydrogens is 270 g/mol. The molecule has 1 saturated heterocycles. The Kier molecular flexibility index (Phi) is 6.40. The Morgan fingerprint density at radius 2 is 1.80 bits per heavy atom. The lowest BCUT2D eigenvalue weighted by molar-refractivity contribution is -0.140. The highest BCUT2D eigenvalue weighted by molar-refractivity contribution is 7.80. The van der Waals surface area contributed by atoms with Crippen LogP contribution in [0.2, 0.25) is 0 Å². The van der Waals surface area contributed by atoms with E-state index in [9.17, 15) is 4.79 Å². The molecule has 116 valence electrons. The molecule has 0 saturated carbocycles. The number of amides is 1. The second-order valence-electron chi connectivity index (χ2n) is 6.15. The molecule has 1 fully saturated rings. The van der Waals surface area contributed by atoms with E-state index in [1.165, 1.54) is 0 Å². The predicted molar refractivity (Wildman–Crippen MR) is 87.7 cm³/mol. The molecule has 0 unspecified atom stereocenters. The largest absolute Gasteiger partial charge is 0.392 e. The standard InChI is InChI=1S/C15H29N3OS/c1-5-15(6-2,13(16)20)14(19)18-9-7-12(8-10-18)11-17(3)4/h12H,5-11H2,1-4H3,(H2,16,20). The van der Waals surface area contributed by atoms with Crippen LogP contribution in [-0.2, 0) is 4.79 Å². The molecule has 0 aromatic carbocycles. The molecule has 5 heteroatoms. The summed E-state index contributed by atoms with van der Waals surface area (Å²) in [5.74, 6) is 0.829. The first-order valence-corrected chi connectivity index (χ1v) is 8.02. The van der Waals surface area contributed by atoms with E-state index in [0.29, 0.717) is 23.7 Å². The number of likely N-dealkylation sites (tertiary alicyclic amines) is 1. The summed E-state index contributed by atoms with van der Waals surface area (Å²) in [4.78, 5) is 17.3. The number of nitrogens with zero attached hydrogens (tertiary/aromatic N) is 2. The molecule has 2 N–H and O–H groups in total. The lowest BCUT2D eigenvalue weighted by Crippen LogP contribution is -2.52. The summed E-state index contributed by atoms with van der Waals surface area (Å²) in [7, 11) is 4.20. The second-order valence-corrected chi connectivity index (χ2v) is 6.59. The molecule has 0 spiro atoms. The van der Waals surface area contributed by atoms with E-state index >= 15 is 0 Å². The van der Waals surface area contributed by atoms with Gasteiger partial charge in [-0.3, -0.25) is 4.79 Å². The van der Waals surface area contributed by atoms with Gasteiger partial charge in [-0.1, -0.05) is 26.1 Å². The van der Waals surface area contributed by atoms with Crippen LogP contribution in [0.5, 0.6) is 0 Å². The van der Waals surface area contributed by atoms with Crippen LogP contribution >= 0.6 is 12.2 Å². The first kappa shape index (κ1) is 17.4. The van der Waals surface area contributed by atoms with Gasteiger partial charge in [0.15, 0.2) is 0 Å². The van der Waals surface area contributed by atoms with Gasteiger partial charge in [0.25, 0.3) is 0 Å². The average Bonchev–Trinajstić information content (AvgIpc) is 2.40. The number of carbonyl (C=O) groups excluding carboxylic acids is 1. The monoisotopic (exact) mass is 299 g/mol. The first-order chi connectivity index (χ1) is 9.37. The summed E-state index contributed by atoms with van der Waals surface area (Å²) in [5.41, 5.74) is 5.24. The minimum absolute atomic E-state index is 0.137. The van der Waals surface area contributed by atoms with Gasteiger partial charge in [0.1, 0.15) is 0 Å². The molecule has 1 heterocycles. The van der Waals surface area contributed by atoms with Gasteiger partial charge in [-0.25, -0.2) is 0 Å². The van der Waals surface area contributed by atoms with Crippen molar-refractivity contribution in [2.45, 2.75) is 39.5 Å². The molecule has 4 nitrogen and oxygen atoms in total. The third-order valence-corrected chi connectivity index (χ3v) is 5.00. The lowest BCUT2D eigenvalue weighted by Gasteiger charge is -2.39. The zero-order valence-electron chi connectivity index (χ0n) is 13.3. The van der Waals surface area contributed by atoms with E-state index in [4.69, 9.17) is 18.0 Å². The molecule has 1 aliphatic heterocycles. The molecule has 0 aromatic heterocycles. The first-order valence-electron chi connectivity index (χ1n) is 7.61. The molecule has 1 rings (SSSR count). The number of nitrogens with two attached hydrogens (primary N) is 1. The summed E-state index contributed by atoms with van der Waals surface area (Å²) in [5, 5.41) is 0. The van der Waals surface area contributed by atoms with Crippen LogP contribution in [0.25, 0.3) is 0 Å². The van der Waals surface area contributed by atoms with Crippen LogP contribution < -0.4 is 5.73 Å². The van der Waals surface area contributed by atoms with Gasteiger partial charge < -0.3 is 15.5 Å². The van der Waals surface area contributed by atoms with Crippen molar-refractivity contribution < 1.29 is 4.79 Å². The van der Waals surface area contributed by atoms with Crippen molar-refractivity contribution in [3.8, 4) is 0 Å². The van der Waals surface area contributed by atoms with Gasteiger partial charge in [0.2, 0.25) is 5.91 Å². The summed E-state index contributed by atoms with van der Waals surface area (Å²) < 4.78 is 0. The highest BCUT2D eigenvalue weighted by Gasteiger charge is 2.41. The van der Waals surface area contributed by atoms with Gasteiger partial charge >= 0.3 is 0 Å². The topological polar surface area (TPSA) is 49.6 Å². The summed E-state index contributed by atoms with van der Waals surface area (Å²) in [6.07, 6.45) is 3.53. The molecule has 0 radical (unpaired) electrons. The Bertz CT molecular complexity index is 345. The molecular formula is C15H29N3OS. The molecule has 0 aromatic rings. The average molecular weight is 299 g/mol. The van der Waals surface area contributed by atoms with Crippen molar-refractivity contribution in [1.29, 1.82) is 0 Å². The minimum Gasteiger partial charge on any atom is -0.392 e. The summed E-state index contributed by atoms with van der Waals surface area (Å²) in [6.45, 7) is 6.77. The quantitative estimate of drug-likeness (QED) is 0.761. The normalized spacial score (nSPS) is 17.6. The smallest absolute Gasteiger partial charge is 0.235 e. The van der Waals surface area contributed by atoms with E-state index < -0.39 is 5.41 Å². The van der Waals surface area contributed by atoms with Crippen molar-refractivity contribution >= 4 is 23.1 Å². The molecule has 0 atom stereocenters. The Morgan fingerprint density at radius 1 is 1.30 bits per heavy atom. The van der Waals surface area contributed by atoms with Crippen molar-refractivity contribution in [1.82, 2.24) is 9.80 Å². The van der Waals surface area contributed by atoms with E-state index in [0.717, 1.165) is 32.5 Å². The van der Waals surface area contributed by atoms with E-state index in [2.05, 4.69) is 19.0 Å². The molecule has 0 bridgehead atoms. The van der Waals surface area contributed by atoms with Crippen LogP contribution in [0.1, 0.15) is 39.5 Å². The van der Waals surface area contributed by atoms with Gasteiger partial charge in [-0.15, -0.1) is 0 Å². The van der Waals surface area contributed by atoms with Crippen molar-refractivity contribution in [3.05, 3.63) is 0 Å². The van der Waals surface area contributed by atoms with Gasteiger partial charge in [0, 0.05) is 19.6 Å². The van der Waals surface area contributed by atoms with Gasteiger partial charge in [0.05, 0.1) is 10.4 Å². The SMILES string of the molecule is CCC(CC)(C(=O)N1CCC(CN(C)C)CC1)C(N)=S. The van der Waals surface area contributed by atoms with E-state index in [-0.39, 0.29) is 5.91 Å². The number of rotatable bonds is 6. The molecule has 20 heavy (non-hydrogen) atoms. The Balaban J connectivity index is 2.68. The maximum atomic E-state index is 12.8. The third-order valence-electron chi connectivity index (χ3n) is 4.61. The number of piperidine rings is 1. The third kappa shape index (κ3) is 3.70. The van der Waals surface area contributed by atoms with Gasteiger partial charge in [-0.05, 0) is 45.7 Å². The lowest BCUT2D eigenvalue weighted by atomic mass is 9.80. The number of carbonyl (C=O) groups is 1. The van der Waals surface area contributed by atoms with Crippen LogP contribution in [0.4, 0.5) is 0 Å². The minimum atomic E-state index is -0.635. The van der Waals surface area contributed by atoms with Crippen LogP contribution in [0.3, 0.4) is 0 Å². The summed E-state index contributed by atoms with van der Waals surface area (Å²) in [6, 6.07) is 0. The molecule has 0 aliphatic carbocycles. The Hall–Kier alpha value is -0.680. The predicted octanol–water partition coefficient (Wildman–Crippen LogP) is 1.88.